The van der Waals surface area contributed by atoms with Crippen LogP contribution in [0.4, 0.5) is 0 Å². The minimum absolute atomic E-state index is 0.144. The number of carbonyl (C=O) groups is 1. The van der Waals surface area contributed by atoms with Crippen LogP contribution < -0.4 is 5.56 Å². The molecule has 1 aromatic heterocycles. The van der Waals surface area contributed by atoms with Crippen molar-refractivity contribution in [3.8, 4) is 0 Å². The van der Waals surface area contributed by atoms with Gasteiger partial charge in [-0.3, -0.25) is 4.79 Å². The van der Waals surface area contributed by atoms with E-state index in [-0.39, 0.29) is 5.56 Å². The summed E-state index contributed by atoms with van der Waals surface area (Å²) in [4.78, 5) is 23.3. The molecule has 0 unspecified atom stereocenters. The molecular weight excluding hydrogens is 230 g/mol. The molecule has 0 spiro atoms. The van der Waals surface area contributed by atoms with Crippen molar-refractivity contribution < 1.29 is 9.90 Å². The van der Waals surface area contributed by atoms with Gasteiger partial charge in [-0.25, -0.2) is 4.79 Å². The number of rotatable bonds is 3. The normalized spacial score (nSPS) is 14.9. The van der Waals surface area contributed by atoms with E-state index in [1.165, 1.54) is 6.07 Å². The van der Waals surface area contributed by atoms with E-state index in [9.17, 15) is 9.59 Å². The van der Waals surface area contributed by atoms with Crippen molar-refractivity contribution in [3.63, 3.8) is 0 Å². The van der Waals surface area contributed by atoms with E-state index >= 15 is 0 Å². The Morgan fingerprint density at radius 1 is 1.33 bits per heavy atom. The monoisotopic (exact) mass is 243 g/mol. The van der Waals surface area contributed by atoms with E-state index in [2.05, 4.69) is 0 Å². The molecule has 0 radical (unpaired) electrons. The minimum Gasteiger partial charge on any atom is -0.477 e. The lowest BCUT2D eigenvalue weighted by Gasteiger charge is -2.10. The largest absolute Gasteiger partial charge is 0.477 e. The quantitative estimate of drug-likeness (QED) is 0.898. The summed E-state index contributed by atoms with van der Waals surface area (Å²) in [7, 11) is 0. The van der Waals surface area contributed by atoms with Crippen molar-refractivity contribution in [3.05, 3.63) is 46.2 Å². The lowest BCUT2D eigenvalue weighted by Crippen LogP contribution is -2.27. The van der Waals surface area contributed by atoms with Crippen molar-refractivity contribution >= 4 is 16.9 Å². The molecule has 1 heterocycles. The molecular formula is C14H13NO3. The molecule has 1 saturated carbocycles. The molecule has 3 rings (SSSR count). The molecule has 4 nitrogen and oxygen atoms in total. The van der Waals surface area contributed by atoms with Gasteiger partial charge in [0, 0.05) is 6.54 Å². The summed E-state index contributed by atoms with van der Waals surface area (Å²) in [6, 6.07) is 8.88. The van der Waals surface area contributed by atoms with Crippen LogP contribution in [0.3, 0.4) is 0 Å². The Bertz CT molecular complexity index is 683. The van der Waals surface area contributed by atoms with Crippen molar-refractivity contribution in [1.29, 1.82) is 0 Å². The average Bonchev–Trinajstić information content (AvgIpc) is 3.16. The molecule has 2 aromatic rings. The fourth-order valence-corrected chi connectivity index (χ4v) is 2.22. The molecule has 4 heteroatoms. The van der Waals surface area contributed by atoms with Crippen LogP contribution in [0.15, 0.2) is 35.1 Å². The van der Waals surface area contributed by atoms with Gasteiger partial charge >= 0.3 is 5.97 Å². The van der Waals surface area contributed by atoms with Gasteiger partial charge in [0.15, 0.2) is 0 Å². The first-order valence-electron chi connectivity index (χ1n) is 6.02. The molecule has 0 atom stereocenters. The molecule has 0 bridgehead atoms. The highest BCUT2D eigenvalue weighted by molar-refractivity contribution is 5.92. The standard InChI is InChI=1S/C14H13NO3/c16-13-11(14(17)18)7-10-3-1-2-4-12(10)15(13)8-9-5-6-9/h1-4,7,9H,5-6,8H2,(H,17,18). The summed E-state index contributed by atoms with van der Waals surface area (Å²) in [5.41, 5.74) is 0.279. The number of aromatic carboxylic acids is 1. The Morgan fingerprint density at radius 2 is 2.06 bits per heavy atom. The van der Waals surface area contributed by atoms with Crippen molar-refractivity contribution in [2.45, 2.75) is 19.4 Å². The zero-order valence-corrected chi connectivity index (χ0v) is 9.80. The van der Waals surface area contributed by atoms with Crippen LogP contribution in [0.1, 0.15) is 23.2 Å². The van der Waals surface area contributed by atoms with Crippen LogP contribution in [0, 0.1) is 5.92 Å². The summed E-state index contributed by atoms with van der Waals surface area (Å²) in [5.74, 6) is -0.634. The summed E-state index contributed by atoms with van der Waals surface area (Å²) < 4.78 is 1.61. The molecule has 0 aliphatic heterocycles. The summed E-state index contributed by atoms with van der Waals surface area (Å²) in [6.45, 7) is 0.625. The van der Waals surface area contributed by atoms with E-state index in [1.807, 2.05) is 24.3 Å². The SMILES string of the molecule is O=C(O)c1cc2ccccc2n(CC2CC2)c1=O. The minimum atomic E-state index is -1.16. The van der Waals surface area contributed by atoms with Crippen LogP contribution in [0.5, 0.6) is 0 Å². The van der Waals surface area contributed by atoms with Crippen LogP contribution in [0.2, 0.25) is 0 Å². The predicted octanol–water partition coefficient (Wildman–Crippen LogP) is 2.11. The highest BCUT2D eigenvalue weighted by Crippen LogP contribution is 2.31. The molecule has 1 aliphatic rings. The van der Waals surface area contributed by atoms with Gasteiger partial charge < -0.3 is 9.67 Å². The molecule has 1 aromatic carbocycles. The maximum Gasteiger partial charge on any atom is 0.341 e. The zero-order chi connectivity index (χ0) is 12.7. The van der Waals surface area contributed by atoms with E-state index in [4.69, 9.17) is 5.11 Å². The first-order valence-corrected chi connectivity index (χ1v) is 6.02. The van der Waals surface area contributed by atoms with Gasteiger partial charge in [-0.15, -0.1) is 0 Å². The molecule has 0 amide bonds. The third-order valence-corrected chi connectivity index (χ3v) is 3.37. The number of benzene rings is 1. The number of carboxylic acid groups (broad SMARTS) is 1. The van der Waals surface area contributed by atoms with Gasteiger partial charge in [0.25, 0.3) is 5.56 Å². The summed E-state index contributed by atoms with van der Waals surface area (Å²) in [5, 5.41) is 9.89. The lowest BCUT2D eigenvalue weighted by atomic mass is 10.1. The smallest absolute Gasteiger partial charge is 0.341 e. The average molecular weight is 243 g/mol. The predicted molar refractivity (Wildman–Crippen MR) is 67.9 cm³/mol. The Morgan fingerprint density at radius 3 is 2.72 bits per heavy atom. The second-order valence-corrected chi connectivity index (χ2v) is 4.78. The topological polar surface area (TPSA) is 59.3 Å². The number of aromatic nitrogens is 1. The number of hydrogen-bond acceptors (Lipinski definition) is 2. The molecule has 1 aliphatic carbocycles. The van der Waals surface area contributed by atoms with Crippen LogP contribution in [-0.4, -0.2) is 15.6 Å². The maximum absolute atomic E-state index is 12.2. The van der Waals surface area contributed by atoms with E-state index in [1.54, 1.807) is 4.57 Å². The highest BCUT2D eigenvalue weighted by Gasteiger charge is 2.24. The number of fused-ring (bicyclic) bond motifs is 1. The summed E-state index contributed by atoms with van der Waals surface area (Å²) >= 11 is 0. The number of carboxylic acids is 1. The second kappa shape index (κ2) is 3.98. The molecule has 1 fully saturated rings. The third-order valence-electron chi connectivity index (χ3n) is 3.37. The van der Waals surface area contributed by atoms with Gasteiger partial charge in [0.2, 0.25) is 0 Å². The van der Waals surface area contributed by atoms with Gasteiger partial charge in [0.05, 0.1) is 5.52 Å². The highest BCUT2D eigenvalue weighted by atomic mass is 16.4. The van der Waals surface area contributed by atoms with Gasteiger partial charge in [-0.05, 0) is 36.3 Å². The zero-order valence-electron chi connectivity index (χ0n) is 9.80. The number of nitrogens with zero attached hydrogens (tertiary/aromatic N) is 1. The first-order chi connectivity index (χ1) is 8.66. The van der Waals surface area contributed by atoms with Crippen LogP contribution >= 0.6 is 0 Å². The first kappa shape index (κ1) is 11.0. The van der Waals surface area contributed by atoms with E-state index < -0.39 is 11.5 Å². The Labute approximate surface area is 103 Å². The number of pyridine rings is 1. The lowest BCUT2D eigenvalue weighted by molar-refractivity contribution is 0.0694. The van der Waals surface area contributed by atoms with Gasteiger partial charge in [-0.1, -0.05) is 18.2 Å². The van der Waals surface area contributed by atoms with Crippen molar-refractivity contribution in [1.82, 2.24) is 4.57 Å². The number of para-hydroxylation sites is 1. The van der Waals surface area contributed by atoms with Crippen LogP contribution in [0.25, 0.3) is 10.9 Å². The van der Waals surface area contributed by atoms with E-state index in [0.29, 0.717) is 12.5 Å². The molecule has 0 saturated heterocycles. The van der Waals surface area contributed by atoms with Gasteiger partial charge in [0.1, 0.15) is 5.56 Å². The maximum atomic E-state index is 12.2. The third kappa shape index (κ3) is 1.79. The molecule has 92 valence electrons. The Kier molecular flexibility index (Phi) is 2.44. The van der Waals surface area contributed by atoms with Crippen molar-refractivity contribution in [2.75, 3.05) is 0 Å². The fraction of sp³-hybridized carbons (Fsp3) is 0.286. The Hall–Kier alpha value is -2.10. The van der Waals surface area contributed by atoms with Gasteiger partial charge in [-0.2, -0.15) is 0 Å². The molecule has 18 heavy (non-hydrogen) atoms. The molecule has 1 N–H and O–H groups in total. The van der Waals surface area contributed by atoms with Crippen molar-refractivity contribution in [2.24, 2.45) is 5.92 Å². The van der Waals surface area contributed by atoms with Crippen LogP contribution in [-0.2, 0) is 6.54 Å². The summed E-state index contributed by atoms with van der Waals surface area (Å²) in [6.07, 6.45) is 2.25. The van der Waals surface area contributed by atoms with E-state index in [0.717, 1.165) is 23.7 Å². The number of hydrogen-bond donors (Lipinski definition) is 1. The second-order valence-electron chi connectivity index (χ2n) is 4.78. The Balaban J connectivity index is 2.29. The fourth-order valence-electron chi connectivity index (χ4n) is 2.22.